The van der Waals surface area contributed by atoms with Crippen molar-refractivity contribution in [1.82, 2.24) is 9.36 Å². The minimum absolute atomic E-state index is 0.103. The van der Waals surface area contributed by atoms with Gasteiger partial charge in [-0.1, -0.05) is 92.0 Å². The fourth-order valence-corrected chi connectivity index (χ4v) is 4.29. The van der Waals surface area contributed by atoms with Gasteiger partial charge in [0.1, 0.15) is 0 Å². The van der Waals surface area contributed by atoms with Gasteiger partial charge in [-0.3, -0.25) is 4.79 Å². The Morgan fingerprint density at radius 2 is 1.41 bits per heavy atom. The fourth-order valence-electron chi connectivity index (χ4n) is 3.85. The van der Waals surface area contributed by atoms with Crippen molar-refractivity contribution in [3.05, 3.63) is 126 Å². The molecule has 0 atom stereocenters. The molecular weight excluding hydrogens is 412 g/mol. The topological polar surface area (TPSA) is 26.9 Å². The second kappa shape index (κ2) is 9.75. The number of allylic oxidation sites excluding steroid dienone is 1. The monoisotopic (exact) mass is 438 g/mol. The number of hydrogen-bond acceptors (Lipinski definition) is 2. The molecule has 0 spiro atoms. The zero-order valence-electron chi connectivity index (χ0n) is 18.2. The molecule has 0 saturated carbocycles. The van der Waals surface area contributed by atoms with Gasteiger partial charge in [0, 0.05) is 11.3 Å². The minimum Gasteiger partial charge on any atom is -0.267 e. The third-order valence-corrected chi connectivity index (χ3v) is 6.03. The SMILES string of the molecule is C=C(c1ccccc1)c1c(-c2ccccc2)n(C(=C)CCSC)n(-c2ccccc2)c1=O. The summed E-state index contributed by atoms with van der Waals surface area (Å²) < 4.78 is 3.71. The van der Waals surface area contributed by atoms with Gasteiger partial charge in [-0.05, 0) is 41.7 Å². The molecule has 3 nitrogen and oxygen atoms in total. The average Bonchev–Trinajstić information content (AvgIpc) is 3.16. The van der Waals surface area contributed by atoms with Gasteiger partial charge in [0.2, 0.25) is 0 Å². The summed E-state index contributed by atoms with van der Waals surface area (Å²) in [6.45, 7) is 8.73. The first-order valence-corrected chi connectivity index (χ1v) is 11.9. The maximum absolute atomic E-state index is 14.0. The second-order valence-corrected chi connectivity index (χ2v) is 8.49. The van der Waals surface area contributed by atoms with Crippen molar-refractivity contribution < 1.29 is 0 Å². The number of para-hydroxylation sites is 1. The van der Waals surface area contributed by atoms with Gasteiger partial charge in [0.15, 0.2) is 0 Å². The number of rotatable bonds is 8. The zero-order chi connectivity index (χ0) is 22.5. The summed E-state index contributed by atoms with van der Waals surface area (Å²) in [6, 6.07) is 29.6. The number of hydrogen-bond donors (Lipinski definition) is 0. The summed E-state index contributed by atoms with van der Waals surface area (Å²) in [5.74, 6) is 0.920. The average molecular weight is 439 g/mol. The van der Waals surface area contributed by atoms with E-state index in [2.05, 4.69) is 19.4 Å². The summed E-state index contributed by atoms with van der Waals surface area (Å²) in [7, 11) is 0. The van der Waals surface area contributed by atoms with E-state index < -0.39 is 0 Å². The number of aromatic nitrogens is 2. The van der Waals surface area contributed by atoms with Crippen LogP contribution in [0.1, 0.15) is 17.5 Å². The van der Waals surface area contributed by atoms with Crippen molar-refractivity contribution in [2.75, 3.05) is 12.0 Å². The van der Waals surface area contributed by atoms with Crippen molar-refractivity contribution in [3.63, 3.8) is 0 Å². The van der Waals surface area contributed by atoms with Crippen LogP contribution in [0.4, 0.5) is 0 Å². The Labute approximate surface area is 193 Å². The Morgan fingerprint density at radius 3 is 2.00 bits per heavy atom. The van der Waals surface area contributed by atoms with Gasteiger partial charge < -0.3 is 0 Å². The Kier molecular flexibility index (Phi) is 6.62. The summed E-state index contributed by atoms with van der Waals surface area (Å²) in [6.07, 6.45) is 2.84. The highest BCUT2D eigenvalue weighted by Crippen LogP contribution is 2.33. The highest BCUT2D eigenvalue weighted by atomic mass is 32.2. The molecular formula is C28H26N2OS. The van der Waals surface area contributed by atoms with Crippen LogP contribution in [0.3, 0.4) is 0 Å². The molecule has 4 aromatic rings. The molecule has 1 aromatic heterocycles. The Hall–Kier alpha value is -3.50. The van der Waals surface area contributed by atoms with E-state index >= 15 is 0 Å². The number of thioether (sulfide) groups is 1. The smallest absolute Gasteiger partial charge is 0.267 e. The fraction of sp³-hybridized carbons (Fsp3) is 0.107. The minimum atomic E-state index is -0.103. The maximum Gasteiger partial charge on any atom is 0.280 e. The van der Waals surface area contributed by atoms with Crippen LogP contribution in [0.5, 0.6) is 0 Å². The third-order valence-electron chi connectivity index (χ3n) is 5.42. The van der Waals surface area contributed by atoms with Crippen LogP contribution in [0.2, 0.25) is 0 Å². The van der Waals surface area contributed by atoms with Crippen molar-refractivity contribution in [2.24, 2.45) is 0 Å². The molecule has 0 saturated heterocycles. The molecule has 3 aromatic carbocycles. The summed E-state index contributed by atoms with van der Waals surface area (Å²) in [5, 5.41) is 0. The van der Waals surface area contributed by atoms with Crippen LogP contribution >= 0.6 is 11.8 Å². The molecule has 4 heteroatoms. The molecule has 4 rings (SSSR count). The Balaban J connectivity index is 2.07. The van der Waals surface area contributed by atoms with Gasteiger partial charge >= 0.3 is 0 Å². The van der Waals surface area contributed by atoms with Crippen LogP contribution in [-0.4, -0.2) is 21.4 Å². The van der Waals surface area contributed by atoms with Crippen LogP contribution < -0.4 is 5.56 Å². The van der Waals surface area contributed by atoms with Gasteiger partial charge in [0.05, 0.1) is 16.9 Å². The van der Waals surface area contributed by atoms with Gasteiger partial charge in [-0.2, -0.15) is 11.8 Å². The molecule has 0 unspecified atom stereocenters. The van der Waals surface area contributed by atoms with E-state index in [1.165, 1.54) is 0 Å². The first-order chi connectivity index (χ1) is 15.6. The lowest BCUT2D eigenvalue weighted by Crippen LogP contribution is -2.22. The zero-order valence-corrected chi connectivity index (χ0v) is 19.0. The summed E-state index contributed by atoms with van der Waals surface area (Å²) in [4.78, 5) is 14.0. The van der Waals surface area contributed by atoms with Crippen molar-refractivity contribution >= 4 is 23.0 Å². The van der Waals surface area contributed by atoms with E-state index in [-0.39, 0.29) is 5.56 Å². The molecule has 0 aliphatic carbocycles. The van der Waals surface area contributed by atoms with Crippen LogP contribution in [0.15, 0.2) is 109 Å². The molecule has 0 aliphatic heterocycles. The first kappa shape index (κ1) is 21.7. The Morgan fingerprint density at radius 1 is 0.844 bits per heavy atom. The molecule has 0 amide bonds. The van der Waals surface area contributed by atoms with E-state index in [1.807, 2.05) is 95.7 Å². The lowest BCUT2D eigenvalue weighted by Gasteiger charge is -2.18. The van der Waals surface area contributed by atoms with E-state index in [0.29, 0.717) is 11.1 Å². The highest BCUT2D eigenvalue weighted by Gasteiger charge is 2.26. The Bertz CT molecular complexity index is 1290. The largest absolute Gasteiger partial charge is 0.280 e. The predicted molar refractivity (Wildman–Crippen MR) is 138 cm³/mol. The molecule has 0 N–H and O–H groups in total. The van der Waals surface area contributed by atoms with E-state index in [1.54, 1.807) is 16.4 Å². The molecule has 32 heavy (non-hydrogen) atoms. The van der Waals surface area contributed by atoms with Crippen molar-refractivity contribution in [1.29, 1.82) is 0 Å². The van der Waals surface area contributed by atoms with E-state index in [4.69, 9.17) is 0 Å². The lowest BCUT2D eigenvalue weighted by molar-refractivity contribution is 0.728. The molecule has 0 radical (unpaired) electrons. The maximum atomic E-state index is 14.0. The highest BCUT2D eigenvalue weighted by molar-refractivity contribution is 7.98. The first-order valence-electron chi connectivity index (χ1n) is 10.5. The van der Waals surface area contributed by atoms with Crippen LogP contribution in [0, 0.1) is 0 Å². The van der Waals surface area contributed by atoms with Crippen LogP contribution in [-0.2, 0) is 0 Å². The van der Waals surface area contributed by atoms with E-state index in [9.17, 15) is 4.79 Å². The van der Waals surface area contributed by atoms with E-state index in [0.717, 1.165) is 40.4 Å². The van der Waals surface area contributed by atoms with Gasteiger partial charge in [-0.25, -0.2) is 9.36 Å². The molecule has 1 heterocycles. The van der Waals surface area contributed by atoms with Gasteiger partial charge in [0.25, 0.3) is 5.56 Å². The standard InChI is InChI=1S/C28H26N2OS/c1-21(19-20-32-3)29-27(24-15-9-5-10-16-24)26(22(2)23-13-7-4-8-14-23)28(31)30(29)25-17-11-6-12-18-25/h4-18H,1-2,19-20H2,3H3. The quantitative estimate of drug-likeness (QED) is 0.310. The summed E-state index contributed by atoms with van der Waals surface area (Å²) >= 11 is 1.76. The number of benzene rings is 3. The second-order valence-electron chi connectivity index (χ2n) is 7.51. The predicted octanol–water partition coefficient (Wildman–Crippen LogP) is 6.59. The molecule has 160 valence electrons. The lowest BCUT2D eigenvalue weighted by atomic mass is 9.96. The third kappa shape index (κ3) is 4.14. The number of nitrogens with zero attached hydrogens (tertiary/aromatic N) is 2. The molecule has 0 fully saturated rings. The van der Waals surface area contributed by atoms with Crippen molar-refractivity contribution in [2.45, 2.75) is 6.42 Å². The summed E-state index contributed by atoms with van der Waals surface area (Å²) in [5.41, 5.74) is 5.56. The van der Waals surface area contributed by atoms with Crippen molar-refractivity contribution in [3.8, 4) is 16.9 Å². The molecule has 0 bridgehead atoms. The molecule has 0 aliphatic rings. The normalized spacial score (nSPS) is 10.8. The van der Waals surface area contributed by atoms with Gasteiger partial charge in [-0.15, -0.1) is 0 Å². The van der Waals surface area contributed by atoms with Crippen LogP contribution in [0.25, 0.3) is 28.2 Å².